The molecule has 0 atom stereocenters. The molecule has 140 valence electrons. The maximum absolute atomic E-state index is 12.8. The molecule has 6 nitrogen and oxygen atoms in total. The largest absolute Gasteiger partial charge is 0.464 e. The van der Waals surface area contributed by atoms with Gasteiger partial charge in [0.25, 0.3) is 5.91 Å². The highest BCUT2D eigenvalue weighted by atomic mass is 32.1. The molecule has 1 aromatic carbocycles. The van der Waals surface area contributed by atoms with Crippen LogP contribution in [0.2, 0.25) is 0 Å². The van der Waals surface area contributed by atoms with Crippen molar-refractivity contribution in [3.8, 4) is 11.3 Å². The van der Waals surface area contributed by atoms with Gasteiger partial charge >= 0.3 is 6.18 Å². The molecule has 0 radical (unpaired) electrons. The number of amides is 1. The van der Waals surface area contributed by atoms with Crippen LogP contribution in [0.4, 0.5) is 18.3 Å². The van der Waals surface area contributed by atoms with Crippen LogP contribution in [0.3, 0.4) is 0 Å². The maximum atomic E-state index is 12.8. The summed E-state index contributed by atoms with van der Waals surface area (Å²) in [6.07, 6.45) is -3.27. The molecule has 1 amide bonds. The van der Waals surface area contributed by atoms with Crippen LogP contribution in [0.5, 0.6) is 0 Å². The zero-order valence-corrected chi connectivity index (χ0v) is 14.6. The van der Waals surface area contributed by atoms with Gasteiger partial charge in [-0.25, -0.2) is 4.98 Å². The third-order valence-electron chi connectivity index (χ3n) is 3.43. The van der Waals surface area contributed by atoms with E-state index in [4.69, 9.17) is 4.42 Å². The van der Waals surface area contributed by atoms with Gasteiger partial charge in [0.15, 0.2) is 5.82 Å². The lowest BCUT2D eigenvalue weighted by molar-refractivity contribution is -0.137. The number of nitrogens with one attached hydrogen (secondary N) is 1. The second-order valence-electron chi connectivity index (χ2n) is 5.63. The van der Waals surface area contributed by atoms with Crippen molar-refractivity contribution in [1.29, 1.82) is 0 Å². The van der Waals surface area contributed by atoms with E-state index >= 15 is 0 Å². The van der Waals surface area contributed by atoms with E-state index < -0.39 is 17.6 Å². The summed E-state index contributed by atoms with van der Waals surface area (Å²) in [5.74, 6) is -0.228. The van der Waals surface area contributed by atoms with Gasteiger partial charge in [-0.1, -0.05) is 12.1 Å². The molecule has 0 aliphatic rings. The first-order chi connectivity index (χ1) is 12.7. The normalized spacial score (nSPS) is 11.4. The van der Waals surface area contributed by atoms with Crippen LogP contribution in [-0.4, -0.2) is 21.0 Å². The van der Waals surface area contributed by atoms with E-state index in [1.165, 1.54) is 25.1 Å². The number of aromatic nitrogens is 2. The molecule has 0 saturated carbocycles. The number of alkyl halides is 3. The van der Waals surface area contributed by atoms with E-state index in [1.807, 2.05) is 0 Å². The predicted octanol–water partition coefficient (Wildman–Crippen LogP) is 4.20. The molecular weight excluding hydrogens is 383 g/mol. The number of carbonyl (C=O) groups excluding carboxylic acids is 2. The fraction of sp³-hybridized carbons (Fsp3) is 0.176. The molecule has 0 saturated heterocycles. The first kappa shape index (κ1) is 18.8. The van der Waals surface area contributed by atoms with E-state index in [1.54, 1.807) is 0 Å². The number of benzene rings is 1. The number of anilines is 1. The topological polar surface area (TPSA) is 85.1 Å². The molecule has 3 aromatic rings. The highest BCUT2D eigenvalue weighted by Gasteiger charge is 2.30. The first-order valence-corrected chi connectivity index (χ1v) is 8.39. The fourth-order valence-electron chi connectivity index (χ4n) is 2.22. The average molecular weight is 395 g/mol. The Morgan fingerprint density at radius 3 is 2.74 bits per heavy atom. The van der Waals surface area contributed by atoms with E-state index in [9.17, 15) is 22.8 Å². The van der Waals surface area contributed by atoms with E-state index in [-0.39, 0.29) is 34.2 Å². The smallest absolute Gasteiger partial charge is 0.416 e. The number of Topliss-reactive ketones (excluding diaryl/α,β-unsaturated/α-hetero) is 1. The Hall–Kier alpha value is -3.01. The molecule has 0 spiro atoms. The van der Waals surface area contributed by atoms with Gasteiger partial charge in [0.1, 0.15) is 17.8 Å². The van der Waals surface area contributed by atoms with Crippen LogP contribution in [0.25, 0.3) is 11.3 Å². The minimum Gasteiger partial charge on any atom is -0.464 e. The SMILES string of the molecule is CC(=O)Cc1nsc(NC(=O)c2coc(-c3cccc(C(F)(F)F)c3)c2)n1. The molecule has 27 heavy (non-hydrogen) atoms. The van der Waals surface area contributed by atoms with Crippen molar-refractivity contribution in [3.63, 3.8) is 0 Å². The number of carbonyl (C=O) groups is 2. The van der Waals surface area contributed by atoms with Crippen LogP contribution in [-0.2, 0) is 17.4 Å². The van der Waals surface area contributed by atoms with Gasteiger partial charge in [-0.2, -0.15) is 17.5 Å². The average Bonchev–Trinajstić information content (AvgIpc) is 3.23. The maximum Gasteiger partial charge on any atom is 0.416 e. The van der Waals surface area contributed by atoms with E-state index in [2.05, 4.69) is 14.7 Å². The summed E-state index contributed by atoms with van der Waals surface area (Å²) >= 11 is 0.922. The number of ketones is 1. The first-order valence-electron chi connectivity index (χ1n) is 7.62. The molecule has 0 unspecified atom stereocenters. The van der Waals surface area contributed by atoms with E-state index in [0.717, 1.165) is 29.9 Å². The summed E-state index contributed by atoms with van der Waals surface area (Å²) in [4.78, 5) is 27.3. The molecular formula is C17H12F3N3O3S. The van der Waals surface area contributed by atoms with Crippen molar-refractivity contribution in [2.45, 2.75) is 19.5 Å². The standard InChI is InChI=1S/C17H12F3N3O3S/c1-9(24)5-14-21-16(27-23-14)22-15(25)11-7-13(26-8-11)10-3-2-4-12(6-10)17(18,19)20/h2-4,6-8H,5H2,1H3,(H,21,22,23,25). The number of nitrogens with zero attached hydrogens (tertiary/aromatic N) is 2. The van der Waals surface area contributed by atoms with Gasteiger partial charge in [-0.05, 0) is 25.1 Å². The van der Waals surface area contributed by atoms with Crippen molar-refractivity contribution in [3.05, 3.63) is 53.5 Å². The number of rotatable bonds is 5. The van der Waals surface area contributed by atoms with Crippen molar-refractivity contribution in [2.75, 3.05) is 5.32 Å². The molecule has 2 aromatic heterocycles. The Balaban J connectivity index is 1.74. The highest BCUT2D eigenvalue weighted by molar-refractivity contribution is 7.09. The molecule has 10 heteroatoms. The van der Waals surface area contributed by atoms with Crippen molar-refractivity contribution in [1.82, 2.24) is 9.36 Å². The Labute approximate surface area is 155 Å². The van der Waals surface area contributed by atoms with Crippen LogP contribution in [0, 0.1) is 0 Å². The summed E-state index contributed by atoms with van der Waals surface area (Å²) in [7, 11) is 0. The summed E-state index contributed by atoms with van der Waals surface area (Å²) in [6, 6.07) is 5.95. The fourth-order valence-corrected chi connectivity index (χ4v) is 2.81. The van der Waals surface area contributed by atoms with Crippen LogP contribution < -0.4 is 5.32 Å². The number of hydrogen-bond acceptors (Lipinski definition) is 6. The third-order valence-corrected chi connectivity index (χ3v) is 4.10. The van der Waals surface area contributed by atoms with Gasteiger partial charge in [0.05, 0.1) is 17.5 Å². The van der Waals surface area contributed by atoms with Crippen LogP contribution in [0.15, 0.2) is 41.0 Å². The van der Waals surface area contributed by atoms with Gasteiger partial charge in [0.2, 0.25) is 5.13 Å². The number of furan rings is 1. The Bertz CT molecular complexity index is 994. The quantitative estimate of drug-likeness (QED) is 0.700. The molecule has 1 N–H and O–H groups in total. The highest BCUT2D eigenvalue weighted by Crippen LogP contribution is 2.32. The lowest BCUT2D eigenvalue weighted by Gasteiger charge is -2.07. The van der Waals surface area contributed by atoms with Crippen LogP contribution in [0.1, 0.15) is 28.7 Å². The van der Waals surface area contributed by atoms with E-state index in [0.29, 0.717) is 5.82 Å². The zero-order chi connectivity index (χ0) is 19.6. The lowest BCUT2D eigenvalue weighted by Crippen LogP contribution is -2.10. The van der Waals surface area contributed by atoms with Gasteiger partial charge in [-0.15, -0.1) is 0 Å². The van der Waals surface area contributed by atoms with Crippen molar-refractivity contribution < 1.29 is 27.2 Å². The molecule has 2 heterocycles. The predicted molar refractivity (Wildman–Crippen MR) is 91.4 cm³/mol. The summed E-state index contributed by atoms with van der Waals surface area (Å²) in [5, 5.41) is 2.71. The number of halogens is 3. The van der Waals surface area contributed by atoms with Crippen molar-refractivity contribution >= 4 is 28.4 Å². The zero-order valence-electron chi connectivity index (χ0n) is 13.8. The summed E-state index contributed by atoms with van der Waals surface area (Å²) < 4.78 is 47.6. The molecule has 3 rings (SSSR count). The summed E-state index contributed by atoms with van der Waals surface area (Å²) in [6.45, 7) is 1.40. The Morgan fingerprint density at radius 2 is 2.04 bits per heavy atom. The Kier molecular flexibility index (Phi) is 5.08. The monoisotopic (exact) mass is 395 g/mol. The minimum atomic E-state index is -4.47. The summed E-state index contributed by atoms with van der Waals surface area (Å²) in [5.41, 5.74) is -0.497. The third kappa shape index (κ3) is 4.59. The van der Waals surface area contributed by atoms with Gasteiger partial charge in [-0.3, -0.25) is 14.9 Å². The molecule has 0 bridgehead atoms. The number of hydrogen-bond donors (Lipinski definition) is 1. The molecule has 0 fully saturated rings. The minimum absolute atomic E-state index is 0.0672. The van der Waals surface area contributed by atoms with Gasteiger partial charge < -0.3 is 4.42 Å². The second-order valence-corrected chi connectivity index (χ2v) is 6.38. The second kappa shape index (κ2) is 7.31. The van der Waals surface area contributed by atoms with Crippen LogP contribution >= 0.6 is 11.5 Å². The molecule has 0 aliphatic carbocycles. The van der Waals surface area contributed by atoms with Gasteiger partial charge in [0, 0.05) is 17.1 Å². The van der Waals surface area contributed by atoms with Crippen molar-refractivity contribution in [2.24, 2.45) is 0 Å². The lowest BCUT2D eigenvalue weighted by atomic mass is 10.1. The Morgan fingerprint density at radius 1 is 1.26 bits per heavy atom. The molecule has 0 aliphatic heterocycles.